The molecule has 0 aliphatic heterocycles. The Hall–Kier alpha value is -1.76. The standard InChI is InChI=1S/C14H11Cl2NO4S/c1-8-5-6-9(14(18)19)7-12(8)17-22(20,21)13-10(15)3-2-4-11(13)16/h2-7,17H,1H3,(H,18,19). The second-order valence-electron chi connectivity index (χ2n) is 4.49. The van der Waals surface area contributed by atoms with Gasteiger partial charge >= 0.3 is 5.97 Å². The van der Waals surface area contributed by atoms with Gasteiger partial charge in [-0.05, 0) is 36.8 Å². The van der Waals surface area contributed by atoms with E-state index in [0.717, 1.165) is 0 Å². The first-order valence-corrected chi connectivity index (χ1v) is 8.27. The largest absolute Gasteiger partial charge is 0.478 e. The second kappa shape index (κ2) is 6.16. The highest BCUT2D eigenvalue weighted by Gasteiger charge is 2.22. The molecule has 0 radical (unpaired) electrons. The van der Waals surface area contributed by atoms with Crippen LogP contribution in [-0.2, 0) is 10.0 Å². The predicted octanol–water partition coefficient (Wildman–Crippen LogP) is 3.80. The number of sulfonamides is 1. The molecule has 5 nitrogen and oxygen atoms in total. The minimum atomic E-state index is -4.05. The maximum atomic E-state index is 12.4. The minimum Gasteiger partial charge on any atom is -0.478 e. The molecule has 2 aromatic rings. The Morgan fingerprint density at radius 2 is 1.73 bits per heavy atom. The number of aromatic carboxylic acids is 1. The summed E-state index contributed by atoms with van der Waals surface area (Å²) in [5.41, 5.74) is 0.682. The molecule has 116 valence electrons. The molecular formula is C14H11Cl2NO4S. The zero-order valence-electron chi connectivity index (χ0n) is 11.3. The van der Waals surface area contributed by atoms with Crippen LogP contribution in [0.15, 0.2) is 41.3 Å². The molecule has 0 aliphatic rings. The molecule has 0 fully saturated rings. The van der Waals surface area contributed by atoms with Crippen LogP contribution in [0.25, 0.3) is 0 Å². The van der Waals surface area contributed by atoms with Gasteiger partial charge in [-0.2, -0.15) is 0 Å². The number of halogens is 2. The number of nitrogens with one attached hydrogen (secondary N) is 1. The molecule has 0 bridgehead atoms. The Labute approximate surface area is 137 Å². The number of benzene rings is 2. The Morgan fingerprint density at radius 3 is 2.27 bits per heavy atom. The maximum absolute atomic E-state index is 12.4. The molecule has 0 unspecified atom stereocenters. The quantitative estimate of drug-likeness (QED) is 0.869. The Kier molecular flexibility index (Phi) is 4.65. The number of hydrogen-bond acceptors (Lipinski definition) is 3. The van der Waals surface area contributed by atoms with Crippen molar-refractivity contribution >= 4 is 44.9 Å². The monoisotopic (exact) mass is 359 g/mol. The van der Waals surface area contributed by atoms with Gasteiger partial charge in [0.05, 0.1) is 21.3 Å². The van der Waals surface area contributed by atoms with E-state index in [1.54, 1.807) is 6.92 Å². The van der Waals surface area contributed by atoms with Crippen molar-refractivity contribution in [3.8, 4) is 0 Å². The van der Waals surface area contributed by atoms with Crippen LogP contribution in [0, 0.1) is 6.92 Å². The van der Waals surface area contributed by atoms with Crippen LogP contribution in [0.1, 0.15) is 15.9 Å². The van der Waals surface area contributed by atoms with Crippen LogP contribution >= 0.6 is 23.2 Å². The maximum Gasteiger partial charge on any atom is 0.335 e. The lowest BCUT2D eigenvalue weighted by atomic mass is 10.1. The molecule has 0 aliphatic carbocycles. The smallest absolute Gasteiger partial charge is 0.335 e. The van der Waals surface area contributed by atoms with Crippen molar-refractivity contribution in [3.05, 3.63) is 57.6 Å². The lowest BCUT2D eigenvalue weighted by Gasteiger charge is -2.13. The number of hydrogen-bond donors (Lipinski definition) is 2. The molecule has 0 atom stereocenters. The van der Waals surface area contributed by atoms with E-state index in [1.165, 1.54) is 36.4 Å². The van der Waals surface area contributed by atoms with Crippen LogP contribution in [0.2, 0.25) is 10.0 Å². The first-order valence-electron chi connectivity index (χ1n) is 6.03. The van der Waals surface area contributed by atoms with Gasteiger partial charge in [-0.1, -0.05) is 35.3 Å². The van der Waals surface area contributed by atoms with Gasteiger partial charge in [0.1, 0.15) is 4.90 Å². The van der Waals surface area contributed by atoms with Crippen molar-refractivity contribution in [3.63, 3.8) is 0 Å². The molecule has 0 heterocycles. The van der Waals surface area contributed by atoms with Gasteiger partial charge in [-0.3, -0.25) is 4.72 Å². The highest BCUT2D eigenvalue weighted by Crippen LogP contribution is 2.31. The summed E-state index contributed by atoms with van der Waals surface area (Å²) in [6.45, 7) is 1.65. The number of carboxylic acids is 1. The summed E-state index contributed by atoms with van der Waals surface area (Å²) < 4.78 is 27.2. The molecule has 22 heavy (non-hydrogen) atoms. The normalized spacial score (nSPS) is 11.2. The Bertz CT molecular complexity index is 830. The molecule has 0 aromatic heterocycles. The first kappa shape index (κ1) is 16.6. The third kappa shape index (κ3) is 3.35. The summed E-state index contributed by atoms with van der Waals surface area (Å²) in [6.07, 6.45) is 0. The molecule has 0 saturated carbocycles. The van der Waals surface area contributed by atoms with Gasteiger partial charge in [0, 0.05) is 0 Å². The number of aryl methyl sites for hydroxylation is 1. The van der Waals surface area contributed by atoms with E-state index >= 15 is 0 Å². The molecule has 0 saturated heterocycles. The van der Waals surface area contributed by atoms with E-state index in [1.807, 2.05) is 0 Å². The van der Waals surface area contributed by atoms with Crippen LogP contribution in [0.4, 0.5) is 5.69 Å². The van der Waals surface area contributed by atoms with Crippen molar-refractivity contribution in [2.45, 2.75) is 11.8 Å². The third-order valence-electron chi connectivity index (χ3n) is 2.92. The minimum absolute atomic E-state index is 0.0213. The SMILES string of the molecule is Cc1ccc(C(=O)O)cc1NS(=O)(=O)c1c(Cl)cccc1Cl. The van der Waals surface area contributed by atoms with E-state index < -0.39 is 16.0 Å². The van der Waals surface area contributed by atoms with Gasteiger partial charge in [0.15, 0.2) is 0 Å². The summed E-state index contributed by atoms with van der Waals surface area (Å²) in [5.74, 6) is -1.16. The molecule has 0 spiro atoms. The van der Waals surface area contributed by atoms with Crippen molar-refractivity contribution in [2.75, 3.05) is 4.72 Å². The van der Waals surface area contributed by atoms with Crippen LogP contribution in [-0.4, -0.2) is 19.5 Å². The van der Waals surface area contributed by atoms with Crippen LogP contribution in [0.5, 0.6) is 0 Å². The fourth-order valence-corrected chi connectivity index (χ4v) is 4.07. The van der Waals surface area contributed by atoms with Gasteiger partial charge in [0.2, 0.25) is 0 Å². The van der Waals surface area contributed by atoms with Gasteiger partial charge in [0.25, 0.3) is 10.0 Å². The summed E-state index contributed by atoms with van der Waals surface area (Å²) >= 11 is 11.8. The van der Waals surface area contributed by atoms with Crippen LogP contribution in [0.3, 0.4) is 0 Å². The molecule has 2 rings (SSSR count). The molecular weight excluding hydrogens is 349 g/mol. The predicted molar refractivity (Wildman–Crippen MR) is 85.4 cm³/mol. The lowest BCUT2D eigenvalue weighted by molar-refractivity contribution is 0.0697. The van der Waals surface area contributed by atoms with E-state index in [-0.39, 0.29) is 26.2 Å². The van der Waals surface area contributed by atoms with Gasteiger partial charge in [-0.15, -0.1) is 0 Å². The topological polar surface area (TPSA) is 83.5 Å². The van der Waals surface area contributed by atoms with Gasteiger partial charge in [-0.25, -0.2) is 13.2 Å². The third-order valence-corrected chi connectivity index (χ3v) is 5.24. The second-order valence-corrected chi connectivity index (χ2v) is 6.92. The first-order chi connectivity index (χ1) is 10.2. The van der Waals surface area contributed by atoms with Crippen molar-refractivity contribution in [1.29, 1.82) is 0 Å². The van der Waals surface area contributed by atoms with E-state index in [0.29, 0.717) is 5.56 Å². The molecule has 2 N–H and O–H groups in total. The van der Waals surface area contributed by atoms with E-state index in [4.69, 9.17) is 28.3 Å². The van der Waals surface area contributed by atoms with Gasteiger partial charge < -0.3 is 5.11 Å². The van der Waals surface area contributed by atoms with Crippen LogP contribution < -0.4 is 4.72 Å². The summed E-state index contributed by atoms with van der Waals surface area (Å²) in [6, 6.07) is 8.47. The van der Waals surface area contributed by atoms with Crippen molar-refractivity contribution in [2.24, 2.45) is 0 Å². The molecule has 8 heteroatoms. The molecule has 0 amide bonds. The fraction of sp³-hybridized carbons (Fsp3) is 0.0714. The Balaban J connectivity index is 2.50. The summed E-state index contributed by atoms with van der Waals surface area (Å²) in [4.78, 5) is 10.7. The number of carbonyl (C=O) groups is 1. The molecule has 2 aromatic carbocycles. The lowest BCUT2D eigenvalue weighted by Crippen LogP contribution is -2.15. The van der Waals surface area contributed by atoms with E-state index in [9.17, 15) is 13.2 Å². The number of anilines is 1. The highest BCUT2D eigenvalue weighted by molar-refractivity contribution is 7.93. The summed E-state index contributed by atoms with van der Waals surface area (Å²) in [5, 5.41) is 8.94. The fourth-order valence-electron chi connectivity index (χ4n) is 1.80. The van der Waals surface area contributed by atoms with Crippen molar-refractivity contribution < 1.29 is 18.3 Å². The Morgan fingerprint density at radius 1 is 1.14 bits per heavy atom. The average molecular weight is 360 g/mol. The van der Waals surface area contributed by atoms with E-state index in [2.05, 4.69) is 4.72 Å². The number of rotatable bonds is 4. The average Bonchev–Trinajstić information content (AvgIpc) is 2.40. The zero-order valence-corrected chi connectivity index (χ0v) is 13.6. The summed E-state index contributed by atoms with van der Waals surface area (Å²) in [7, 11) is -4.05. The van der Waals surface area contributed by atoms with Crippen molar-refractivity contribution in [1.82, 2.24) is 0 Å². The highest BCUT2D eigenvalue weighted by atomic mass is 35.5. The number of carboxylic acid groups (broad SMARTS) is 1. The zero-order chi connectivity index (χ0) is 16.5.